The molecule has 1 aromatic carbocycles. The summed E-state index contributed by atoms with van der Waals surface area (Å²) in [5, 5.41) is 0.866. The van der Waals surface area contributed by atoms with E-state index in [2.05, 4.69) is 44.0 Å². The Bertz CT molecular complexity index is 670. The van der Waals surface area contributed by atoms with Gasteiger partial charge < -0.3 is 0 Å². The highest BCUT2D eigenvalue weighted by atomic mass is 32.2. The first kappa shape index (κ1) is 18.0. The maximum Gasteiger partial charge on any atom is 0.187 e. The Morgan fingerprint density at radius 2 is 1.69 bits per heavy atom. The van der Waals surface area contributed by atoms with Crippen molar-refractivity contribution >= 4 is 11.8 Å². The highest BCUT2D eigenvalue weighted by molar-refractivity contribution is 7.98. The van der Waals surface area contributed by atoms with Crippen LogP contribution in [0.25, 0.3) is 0 Å². The van der Waals surface area contributed by atoms with E-state index >= 15 is 0 Å². The molecule has 4 rings (SSSR count). The van der Waals surface area contributed by atoms with Crippen molar-refractivity contribution in [2.24, 2.45) is 0 Å². The second-order valence-electron chi connectivity index (χ2n) is 7.42. The van der Waals surface area contributed by atoms with Gasteiger partial charge in [0.25, 0.3) is 0 Å². The minimum Gasteiger partial charge on any atom is -0.299 e. The third-order valence-electron chi connectivity index (χ3n) is 5.45. The Balaban J connectivity index is 1.25. The van der Waals surface area contributed by atoms with Crippen LogP contribution >= 0.6 is 11.8 Å². The van der Waals surface area contributed by atoms with Crippen LogP contribution in [0.3, 0.4) is 0 Å². The van der Waals surface area contributed by atoms with Crippen LogP contribution in [0.5, 0.6) is 0 Å². The molecule has 2 aromatic rings. The van der Waals surface area contributed by atoms with Crippen LogP contribution in [0, 0.1) is 0 Å². The zero-order chi connectivity index (χ0) is 17.6. The summed E-state index contributed by atoms with van der Waals surface area (Å²) in [4.78, 5) is 14.4. The van der Waals surface area contributed by atoms with Crippen molar-refractivity contribution in [3.8, 4) is 0 Å². The standard InChI is InChI=1S/C21H28N4S/c1-3-7-18(8-4-1)17-26-21-22-13-19(14-23-21)15-24-12-9-20(16-24)25-10-5-2-6-11-25/h1,3-4,7-8,13-14,20H,2,5-6,9-12,15-17H2/t20-/m1/s1. The number of nitrogens with zero attached hydrogens (tertiary/aromatic N) is 4. The van der Waals surface area contributed by atoms with Crippen LogP contribution in [-0.4, -0.2) is 52.0 Å². The van der Waals surface area contributed by atoms with Crippen LogP contribution in [0.15, 0.2) is 47.9 Å². The largest absolute Gasteiger partial charge is 0.299 e. The van der Waals surface area contributed by atoms with Gasteiger partial charge in [-0.1, -0.05) is 48.5 Å². The molecule has 0 radical (unpaired) electrons. The molecule has 5 heteroatoms. The average Bonchev–Trinajstić information content (AvgIpc) is 3.17. The third kappa shape index (κ3) is 4.84. The Hall–Kier alpha value is -1.43. The van der Waals surface area contributed by atoms with E-state index in [0.29, 0.717) is 0 Å². The molecule has 2 aliphatic rings. The van der Waals surface area contributed by atoms with E-state index in [9.17, 15) is 0 Å². The van der Waals surface area contributed by atoms with Gasteiger partial charge >= 0.3 is 0 Å². The Morgan fingerprint density at radius 1 is 0.923 bits per heavy atom. The van der Waals surface area contributed by atoms with Crippen LogP contribution in [0.1, 0.15) is 36.8 Å². The molecule has 0 N–H and O–H groups in total. The number of hydrogen-bond acceptors (Lipinski definition) is 5. The van der Waals surface area contributed by atoms with Gasteiger partial charge in [0.05, 0.1) is 0 Å². The number of thioether (sulfide) groups is 1. The van der Waals surface area contributed by atoms with Gasteiger partial charge in [-0.3, -0.25) is 9.80 Å². The molecule has 26 heavy (non-hydrogen) atoms. The van der Waals surface area contributed by atoms with E-state index in [1.54, 1.807) is 11.8 Å². The number of benzene rings is 1. The zero-order valence-corrected chi connectivity index (χ0v) is 16.2. The van der Waals surface area contributed by atoms with Crippen LogP contribution in [0.4, 0.5) is 0 Å². The highest BCUT2D eigenvalue weighted by Gasteiger charge is 2.28. The highest BCUT2D eigenvalue weighted by Crippen LogP contribution is 2.22. The van der Waals surface area contributed by atoms with Gasteiger partial charge in [0.15, 0.2) is 5.16 Å². The average molecular weight is 369 g/mol. The maximum absolute atomic E-state index is 4.56. The fourth-order valence-electron chi connectivity index (χ4n) is 4.02. The lowest BCUT2D eigenvalue weighted by atomic mass is 10.1. The molecule has 2 aliphatic heterocycles. The lowest BCUT2D eigenvalue weighted by molar-refractivity contribution is 0.161. The van der Waals surface area contributed by atoms with Crippen molar-refractivity contribution in [3.05, 3.63) is 53.9 Å². The first-order valence-electron chi connectivity index (χ1n) is 9.81. The van der Waals surface area contributed by atoms with E-state index in [1.165, 1.54) is 63.0 Å². The van der Waals surface area contributed by atoms with Gasteiger partial charge in [0.2, 0.25) is 0 Å². The number of hydrogen-bond donors (Lipinski definition) is 0. The van der Waals surface area contributed by atoms with Crippen molar-refractivity contribution in [1.82, 2.24) is 19.8 Å². The number of aromatic nitrogens is 2. The smallest absolute Gasteiger partial charge is 0.187 e. The monoisotopic (exact) mass is 368 g/mol. The van der Waals surface area contributed by atoms with Crippen molar-refractivity contribution in [2.45, 2.75) is 49.2 Å². The van der Waals surface area contributed by atoms with E-state index in [4.69, 9.17) is 0 Å². The molecule has 0 bridgehead atoms. The van der Waals surface area contributed by atoms with Gasteiger partial charge in [-0.2, -0.15) is 0 Å². The summed E-state index contributed by atoms with van der Waals surface area (Å²) < 4.78 is 0. The Kier molecular flexibility index (Phi) is 6.20. The molecule has 0 saturated carbocycles. The summed E-state index contributed by atoms with van der Waals surface area (Å²) in [5.74, 6) is 0.920. The fraction of sp³-hybridized carbons (Fsp3) is 0.524. The zero-order valence-electron chi connectivity index (χ0n) is 15.4. The summed E-state index contributed by atoms with van der Waals surface area (Å²) in [6, 6.07) is 11.3. The van der Waals surface area contributed by atoms with E-state index in [-0.39, 0.29) is 0 Å². The summed E-state index contributed by atoms with van der Waals surface area (Å²) >= 11 is 1.70. The quantitative estimate of drug-likeness (QED) is 0.571. The normalized spacial score (nSPS) is 21.9. The topological polar surface area (TPSA) is 32.3 Å². The number of piperidine rings is 1. The molecule has 0 unspecified atom stereocenters. The van der Waals surface area contributed by atoms with Gasteiger partial charge in [-0.15, -0.1) is 0 Å². The van der Waals surface area contributed by atoms with Crippen LogP contribution in [-0.2, 0) is 12.3 Å². The van der Waals surface area contributed by atoms with Crippen LogP contribution in [0.2, 0.25) is 0 Å². The van der Waals surface area contributed by atoms with E-state index in [0.717, 1.165) is 23.5 Å². The van der Waals surface area contributed by atoms with E-state index < -0.39 is 0 Å². The molecule has 0 aliphatic carbocycles. The molecule has 1 atom stereocenters. The first-order valence-corrected chi connectivity index (χ1v) is 10.8. The second kappa shape index (κ2) is 8.98. The Labute approximate surface area is 161 Å². The van der Waals surface area contributed by atoms with Gasteiger partial charge in [-0.05, 0) is 37.9 Å². The third-order valence-corrected chi connectivity index (χ3v) is 6.40. The van der Waals surface area contributed by atoms with Gasteiger partial charge in [0.1, 0.15) is 0 Å². The minimum atomic E-state index is 0.761. The van der Waals surface area contributed by atoms with Gasteiger partial charge in [-0.25, -0.2) is 9.97 Å². The summed E-state index contributed by atoms with van der Waals surface area (Å²) in [6.45, 7) is 5.98. The van der Waals surface area contributed by atoms with Crippen LogP contribution < -0.4 is 0 Å². The van der Waals surface area contributed by atoms with Crippen molar-refractivity contribution in [3.63, 3.8) is 0 Å². The minimum absolute atomic E-state index is 0.761. The summed E-state index contributed by atoms with van der Waals surface area (Å²) in [7, 11) is 0. The van der Waals surface area contributed by atoms with Crippen molar-refractivity contribution in [1.29, 1.82) is 0 Å². The maximum atomic E-state index is 4.56. The summed E-state index contributed by atoms with van der Waals surface area (Å²) in [5.41, 5.74) is 2.54. The first-order chi connectivity index (χ1) is 12.9. The van der Waals surface area contributed by atoms with Crippen molar-refractivity contribution in [2.75, 3.05) is 26.2 Å². The second-order valence-corrected chi connectivity index (χ2v) is 8.36. The molecule has 0 amide bonds. The molecule has 0 spiro atoms. The predicted octanol–water partition coefficient (Wildman–Crippen LogP) is 3.83. The lowest BCUT2D eigenvalue weighted by Crippen LogP contribution is -2.40. The fourth-order valence-corrected chi connectivity index (χ4v) is 4.76. The molecule has 1 aromatic heterocycles. The SMILES string of the molecule is c1ccc(CSc2ncc(CN3CC[C@@H](N4CCCCC4)C3)cn2)cc1. The van der Waals surface area contributed by atoms with E-state index in [1.807, 2.05) is 18.5 Å². The molecular formula is C21H28N4S. The molecule has 4 nitrogen and oxygen atoms in total. The summed E-state index contributed by atoms with van der Waals surface area (Å²) in [6.07, 6.45) is 9.51. The lowest BCUT2D eigenvalue weighted by Gasteiger charge is -2.32. The van der Waals surface area contributed by atoms with Crippen molar-refractivity contribution < 1.29 is 0 Å². The number of rotatable bonds is 6. The molecule has 138 valence electrons. The molecular weight excluding hydrogens is 340 g/mol. The molecule has 2 saturated heterocycles. The molecule has 3 heterocycles. The molecule has 2 fully saturated rings. The Morgan fingerprint density at radius 3 is 2.46 bits per heavy atom. The predicted molar refractivity (Wildman–Crippen MR) is 107 cm³/mol. The number of likely N-dealkylation sites (tertiary alicyclic amines) is 2. The van der Waals surface area contributed by atoms with Gasteiger partial charge in [0, 0.05) is 49.4 Å².